The average Bonchev–Trinajstić information content (AvgIpc) is 3.24. The number of carbonyl (C=O) groups is 1. The maximum Gasteiger partial charge on any atom is 0.419 e. The largest absolute Gasteiger partial charge is 0.419 e. The van der Waals surface area contributed by atoms with Crippen molar-refractivity contribution in [2.75, 3.05) is 18.4 Å². The standard InChI is InChI=1S/C21H20F3N5O/c22-21(23,24)16-12-27-20(28-15-7-4-8-25-11-15)29-18(16)14-9-17(26-10-14)19(30)13-5-2-1-3-6-13/h1-3,5-6,9-10,12,15,25-26H,4,7-8,11H2,(H,27,28,29). The molecule has 3 aromatic rings. The number of ketones is 1. The molecule has 2 aromatic heterocycles. The van der Waals surface area contributed by atoms with E-state index in [2.05, 4.69) is 25.6 Å². The van der Waals surface area contributed by atoms with Crippen molar-refractivity contribution in [1.29, 1.82) is 0 Å². The van der Waals surface area contributed by atoms with Gasteiger partial charge in [0.05, 0.1) is 11.4 Å². The van der Waals surface area contributed by atoms with Gasteiger partial charge in [0.1, 0.15) is 5.56 Å². The molecule has 0 radical (unpaired) electrons. The van der Waals surface area contributed by atoms with Crippen LogP contribution in [-0.2, 0) is 6.18 Å². The van der Waals surface area contributed by atoms with E-state index >= 15 is 0 Å². The van der Waals surface area contributed by atoms with Crippen LogP contribution in [-0.4, -0.2) is 39.9 Å². The Morgan fingerprint density at radius 3 is 2.70 bits per heavy atom. The van der Waals surface area contributed by atoms with Gasteiger partial charge in [-0.3, -0.25) is 4.79 Å². The van der Waals surface area contributed by atoms with Gasteiger partial charge in [0, 0.05) is 36.1 Å². The van der Waals surface area contributed by atoms with Crippen LogP contribution in [0.25, 0.3) is 11.3 Å². The summed E-state index contributed by atoms with van der Waals surface area (Å²) < 4.78 is 40.7. The Hall–Kier alpha value is -3.20. The van der Waals surface area contributed by atoms with Gasteiger partial charge in [0.2, 0.25) is 11.7 Å². The summed E-state index contributed by atoms with van der Waals surface area (Å²) in [5.41, 5.74) is -0.417. The van der Waals surface area contributed by atoms with E-state index < -0.39 is 11.7 Å². The van der Waals surface area contributed by atoms with E-state index in [1.165, 1.54) is 12.3 Å². The molecule has 4 rings (SSSR count). The minimum Gasteiger partial charge on any atom is -0.358 e. The summed E-state index contributed by atoms with van der Waals surface area (Å²) in [6, 6.07) is 9.96. The van der Waals surface area contributed by atoms with Crippen LogP contribution in [0.1, 0.15) is 34.5 Å². The maximum atomic E-state index is 13.6. The third-order valence-electron chi connectivity index (χ3n) is 4.96. The summed E-state index contributed by atoms with van der Waals surface area (Å²) in [4.78, 5) is 23.4. The number of benzene rings is 1. The van der Waals surface area contributed by atoms with E-state index in [9.17, 15) is 18.0 Å². The number of rotatable bonds is 5. The molecule has 1 aliphatic heterocycles. The Labute approximate surface area is 171 Å². The van der Waals surface area contributed by atoms with Gasteiger partial charge >= 0.3 is 6.18 Å². The monoisotopic (exact) mass is 415 g/mol. The van der Waals surface area contributed by atoms with Gasteiger partial charge in [-0.2, -0.15) is 13.2 Å². The number of anilines is 1. The summed E-state index contributed by atoms with van der Waals surface area (Å²) in [5.74, 6) is -0.181. The molecule has 9 heteroatoms. The number of aromatic amines is 1. The highest BCUT2D eigenvalue weighted by Crippen LogP contribution is 2.36. The summed E-state index contributed by atoms with van der Waals surface area (Å²) in [7, 11) is 0. The highest BCUT2D eigenvalue weighted by atomic mass is 19.4. The van der Waals surface area contributed by atoms with E-state index in [0.717, 1.165) is 25.6 Å². The Kier molecular flexibility index (Phi) is 5.54. The molecule has 0 aliphatic carbocycles. The molecule has 6 nitrogen and oxygen atoms in total. The second kappa shape index (κ2) is 8.27. The molecule has 3 heterocycles. The molecular weight excluding hydrogens is 395 g/mol. The summed E-state index contributed by atoms with van der Waals surface area (Å²) in [5, 5.41) is 6.32. The summed E-state index contributed by atoms with van der Waals surface area (Å²) >= 11 is 0. The first-order valence-corrected chi connectivity index (χ1v) is 9.62. The molecule has 1 unspecified atom stereocenters. The van der Waals surface area contributed by atoms with E-state index in [0.29, 0.717) is 12.1 Å². The van der Waals surface area contributed by atoms with E-state index in [4.69, 9.17) is 0 Å². The first-order valence-electron chi connectivity index (χ1n) is 9.62. The van der Waals surface area contributed by atoms with Crippen LogP contribution in [0.15, 0.2) is 48.8 Å². The number of hydrogen-bond acceptors (Lipinski definition) is 5. The molecule has 1 atom stereocenters. The number of piperidine rings is 1. The van der Waals surface area contributed by atoms with Crippen molar-refractivity contribution in [2.24, 2.45) is 0 Å². The lowest BCUT2D eigenvalue weighted by molar-refractivity contribution is -0.137. The fourth-order valence-electron chi connectivity index (χ4n) is 3.44. The number of carbonyl (C=O) groups excluding carboxylic acids is 1. The van der Waals surface area contributed by atoms with Crippen LogP contribution in [0, 0.1) is 0 Å². The second-order valence-electron chi connectivity index (χ2n) is 7.14. The first kappa shape index (κ1) is 20.1. The Morgan fingerprint density at radius 2 is 2.00 bits per heavy atom. The lowest BCUT2D eigenvalue weighted by atomic mass is 10.1. The zero-order chi connectivity index (χ0) is 21.1. The number of nitrogens with one attached hydrogen (secondary N) is 3. The van der Waals surface area contributed by atoms with Crippen LogP contribution < -0.4 is 10.6 Å². The number of H-pyrrole nitrogens is 1. The smallest absolute Gasteiger partial charge is 0.358 e. The van der Waals surface area contributed by atoms with E-state index in [1.807, 2.05) is 0 Å². The topological polar surface area (TPSA) is 82.7 Å². The number of hydrogen-bond donors (Lipinski definition) is 3. The summed E-state index contributed by atoms with van der Waals surface area (Å²) in [6.45, 7) is 1.61. The molecule has 30 heavy (non-hydrogen) atoms. The quantitative estimate of drug-likeness (QED) is 0.551. The van der Waals surface area contributed by atoms with Gasteiger partial charge in [-0.05, 0) is 25.5 Å². The Bertz CT molecular complexity index is 1030. The highest BCUT2D eigenvalue weighted by Gasteiger charge is 2.36. The molecule has 1 aromatic carbocycles. The molecule has 156 valence electrons. The first-order chi connectivity index (χ1) is 14.4. The van der Waals surface area contributed by atoms with Crippen LogP contribution >= 0.6 is 0 Å². The summed E-state index contributed by atoms with van der Waals surface area (Å²) in [6.07, 6.45) is -0.631. The number of alkyl halides is 3. The Morgan fingerprint density at radius 1 is 1.20 bits per heavy atom. The average molecular weight is 415 g/mol. The minimum absolute atomic E-state index is 0.0461. The van der Waals surface area contributed by atoms with Gasteiger partial charge < -0.3 is 15.6 Å². The van der Waals surface area contributed by atoms with E-state index in [1.54, 1.807) is 30.3 Å². The highest BCUT2D eigenvalue weighted by molar-refractivity contribution is 6.08. The van der Waals surface area contributed by atoms with Crippen molar-refractivity contribution in [2.45, 2.75) is 25.1 Å². The lowest BCUT2D eigenvalue weighted by Crippen LogP contribution is -2.38. The molecule has 0 amide bonds. The van der Waals surface area contributed by atoms with Crippen molar-refractivity contribution in [3.8, 4) is 11.3 Å². The SMILES string of the molecule is O=C(c1ccccc1)c1cc(-c2nc(NC3CCCNC3)ncc2C(F)(F)F)c[nH]1. The molecule has 3 N–H and O–H groups in total. The number of halogens is 3. The third kappa shape index (κ3) is 4.35. The number of nitrogens with zero attached hydrogens (tertiary/aromatic N) is 2. The lowest BCUT2D eigenvalue weighted by Gasteiger charge is -2.24. The molecule has 1 aliphatic rings. The van der Waals surface area contributed by atoms with Crippen molar-refractivity contribution in [3.05, 3.63) is 65.6 Å². The van der Waals surface area contributed by atoms with Gasteiger partial charge in [0.15, 0.2) is 0 Å². The molecule has 1 saturated heterocycles. The van der Waals surface area contributed by atoms with Crippen molar-refractivity contribution < 1.29 is 18.0 Å². The zero-order valence-electron chi connectivity index (χ0n) is 16.0. The van der Waals surface area contributed by atoms with Gasteiger partial charge in [-0.25, -0.2) is 9.97 Å². The number of aromatic nitrogens is 3. The molecule has 1 fully saturated rings. The van der Waals surface area contributed by atoms with Crippen LogP contribution in [0.4, 0.5) is 19.1 Å². The van der Waals surface area contributed by atoms with Crippen LogP contribution in [0.5, 0.6) is 0 Å². The van der Waals surface area contributed by atoms with Crippen molar-refractivity contribution >= 4 is 11.7 Å². The maximum absolute atomic E-state index is 13.6. The molecular formula is C21H20F3N5O. The predicted molar refractivity (Wildman–Crippen MR) is 106 cm³/mol. The van der Waals surface area contributed by atoms with E-state index in [-0.39, 0.29) is 34.7 Å². The molecule has 0 bridgehead atoms. The Balaban J connectivity index is 1.67. The van der Waals surface area contributed by atoms with Gasteiger partial charge in [-0.1, -0.05) is 30.3 Å². The normalized spacial score (nSPS) is 17.0. The minimum atomic E-state index is -4.62. The second-order valence-corrected chi connectivity index (χ2v) is 7.14. The van der Waals surface area contributed by atoms with Crippen molar-refractivity contribution in [3.63, 3.8) is 0 Å². The van der Waals surface area contributed by atoms with Crippen molar-refractivity contribution in [1.82, 2.24) is 20.3 Å². The van der Waals surface area contributed by atoms with Gasteiger partial charge in [0.25, 0.3) is 0 Å². The molecule has 0 spiro atoms. The van der Waals surface area contributed by atoms with Crippen LogP contribution in [0.3, 0.4) is 0 Å². The fraction of sp³-hybridized carbons (Fsp3) is 0.286. The van der Waals surface area contributed by atoms with Gasteiger partial charge in [-0.15, -0.1) is 0 Å². The third-order valence-corrected chi connectivity index (χ3v) is 4.96. The van der Waals surface area contributed by atoms with Crippen LogP contribution in [0.2, 0.25) is 0 Å². The molecule has 0 saturated carbocycles. The zero-order valence-corrected chi connectivity index (χ0v) is 16.0. The predicted octanol–water partition coefficient (Wildman–Crippen LogP) is 3.89. The fourth-order valence-corrected chi connectivity index (χ4v) is 3.44.